The molecule has 176 valence electrons. The summed E-state index contributed by atoms with van der Waals surface area (Å²) in [5.41, 5.74) is -0.293. The van der Waals surface area contributed by atoms with Crippen molar-refractivity contribution in [3.8, 4) is 5.75 Å². The van der Waals surface area contributed by atoms with Gasteiger partial charge in [0.15, 0.2) is 5.17 Å². The zero-order valence-electron chi connectivity index (χ0n) is 18.5. The van der Waals surface area contributed by atoms with Crippen LogP contribution in [0.4, 0.5) is 18.9 Å². The van der Waals surface area contributed by atoms with E-state index in [0.29, 0.717) is 11.5 Å². The van der Waals surface area contributed by atoms with E-state index in [2.05, 4.69) is 17.2 Å². The predicted octanol–water partition coefficient (Wildman–Crippen LogP) is 7.34. The highest BCUT2D eigenvalue weighted by Crippen LogP contribution is 2.37. The van der Waals surface area contributed by atoms with E-state index in [1.165, 1.54) is 43.9 Å². The van der Waals surface area contributed by atoms with Crippen LogP contribution in [-0.4, -0.2) is 17.7 Å². The lowest BCUT2D eigenvalue weighted by Crippen LogP contribution is -2.19. The first-order chi connectivity index (χ1) is 15.9. The molecule has 0 atom stereocenters. The highest BCUT2D eigenvalue weighted by molar-refractivity contribution is 8.18. The summed E-state index contributed by atoms with van der Waals surface area (Å²) in [7, 11) is 0. The molecule has 0 saturated carbocycles. The summed E-state index contributed by atoms with van der Waals surface area (Å²) in [4.78, 5) is 16.6. The zero-order chi connectivity index (χ0) is 23.7. The molecule has 8 heteroatoms. The molecule has 1 N–H and O–H groups in total. The highest BCUT2D eigenvalue weighted by atomic mass is 32.2. The van der Waals surface area contributed by atoms with Crippen LogP contribution in [-0.2, 0) is 11.0 Å². The Morgan fingerprint density at radius 1 is 1.00 bits per heavy atom. The Hall–Kier alpha value is -2.74. The van der Waals surface area contributed by atoms with E-state index in [0.717, 1.165) is 42.0 Å². The second-order valence-corrected chi connectivity index (χ2v) is 8.71. The number of benzene rings is 2. The van der Waals surface area contributed by atoms with Gasteiger partial charge in [0.25, 0.3) is 5.91 Å². The van der Waals surface area contributed by atoms with Crippen LogP contribution < -0.4 is 10.1 Å². The number of amides is 1. The van der Waals surface area contributed by atoms with Crippen molar-refractivity contribution in [2.45, 2.75) is 51.6 Å². The molecule has 3 rings (SSSR count). The Kier molecular flexibility index (Phi) is 9.00. The molecule has 1 heterocycles. The van der Waals surface area contributed by atoms with E-state index >= 15 is 0 Å². The molecule has 0 spiro atoms. The third-order valence-corrected chi connectivity index (χ3v) is 5.94. The number of aliphatic imine (C=N–C) groups is 1. The molecule has 1 amide bonds. The second-order valence-electron chi connectivity index (χ2n) is 7.68. The van der Waals surface area contributed by atoms with Crippen LogP contribution >= 0.6 is 11.8 Å². The largest absolute Gasteiger partial charge is 0.494 e. The van der Waals surface area contributed by atoms with Crippen molar-refractivity contribution in [2.75, 3.05) is 6.61 Å². The number of alkyl halides is 3. The van der Waals surface area contributed by atoms with Gasteiger partial charge in [-0.25, -0.2) is 4.99 Å². The van der Waals surface area contributed by atoms with E-state index < -0.39 is 17.6 Å². The maximum atomic E-state index is 13.2. The first kappa shape index (κ1) is 24.9. The van der Waals surface area contributed by atoms with Crippen LogP contribution in [0, 0.1) is 0 Å². The van der Waals surface area contributed by atoms with Crippen molar-refractivity contribution in [3.05, 3.63) is 64.6 Å². The van der Waals surface area contributed by atoms with E-state index in [4.69, 9.17) is 4.74 Å². The molecule has 1 aliphatic rings. The van der Waals surface area contributed by atoms with Gasteiger partial charge >= 0.3 is 6.18 Å². The van der Waals surface area contributed by atoms with Gasteiger partial charge in [0.2, 0.25) is 0 Å². The maximum Gasteiger partial charge on any atom is 0.418 e. The number of nitrogens with zero attached hydrogens (tertiary/aromatic N) is 1. The fourth-order valence-electron chi connectivity index (χ4n) is 3.28. The standard InChI is InChI=1S/C25H27F3N2O2S/c1-2-3-4-5-6-9-16-32-19-14-12-18(13-15-19)17-22-23(31)30-24(33-22)29-21-11-8-7-10-20(21)25(26,27)28/h7-8,10-15,17H,2-6,9,16H2,1H3,(H,29,30,31). The van der Waals surface area contributed by atoms with E-state index in [9.17, 15) is 18.0 Å². The summed E-state index contributed by atoms with van der Waals surface area (Å²) in [5, 5.41) is 2.64. The van der Waals surface area contributed by atoms with Crippen LogP contribution in [0.5, 0.6) is 5.75 Å². The van der Waals surface area contributed by atoms with Gasteiger partial charge in [0.05, 0.1) is 22.8 Å². The lowest BCUT2D eigenvalue weighted by molar-refractivity contribution is -0.137. The van der Waals surface area contributed by atoms with Crippen LogP contribution in [0.15, 0.2) is 58.4 Å². The third kappa shape index (κ3) is 7.67. The van der Waals surface area contributed by atoms with Crippen molar-refractivity contribution >= 4 is 34.6 Å². The van der Waals surface area contributed by atoms with Gasteiger partial charge in [-0.15, -0.1) is 0 Å². The molecule has 2 aromatic rings. The van der Waals surface area contributed by atoms with Gasteiger partial charge in [0, 0.05) is 0 Å². The predicted molar refractivity (Wildman–Crippen MR) is 128 cm³/mol. The molecule has 0 bridgehead atoms. The Bertz CT molecular complexity index is 1000. The number of hydrogen-bond acceptors (Lipinski definition) is 4. The average molecular weight is 477 g/mol. The van der Waals surface area contributed by atoms with E-state index in [1.54, 1.807) is 6.08 Å². The number of nitrogens with one attached hydrogen (secondary N) is 1. The Morgan fingerprint density at radius 3 is 2.42 bits per heavy atom. The number of thioether (sulfide) groups is 1. The SMILES string of the molecule is CCCCCCCCOc1ccc(C=C2SC(=Nc3ccccc3C(F)(F)F)NC2=O)cc1. The summed E-state index contributed by atoms with van der Waals surface area (Å²) in [5.74, 6) is 0.367. The molecule has 33 heavy (non-hydrogen) atoms. The number of hydrogen-bond donors (Lipinski definition) is 1. The average Bonchev–Trinajstić information content (AvgIpc) is 3.12. The van der Waals surface area contributed by atoms with Gasteiger partial charge in [-0.1, -0.05) is 63.3 Å². The smallest absolute Gasteiger partial charge is 0.418 e. The molecule has 0 aromatic heterocycles. The Balaban J connectivity index is 1.58. The van der Waals surface area contributed by atoms with E-state index in [1.807, 2.05) is 24.3 Å². The number of unbranched alkanes of at least 4 members (excludes halogenated alkanes) is 5. The summed E-state index contributed by atoms with van der Waals surface area (Å²) >= 11 is 1.01. The van der Waals surface area contributed by atoms with Crippen LogP contribution in [0.3, 0.4) is 0 Å². The monoisotopic (exact) mass is 476 g/mol. The van der Waals surface area contributed by atoms with Crippen molar-refractivity contribution in [1.82, 2.24) is 5.32 Å². The normalized spacial score (nSPS) is 16.4. The zero-order valence-corrected chi connectivity index (χ0v) is 19.3. The Labute approximate surface area is 196 Å². The number of rotatable bonds is 10. The number of carbonyl (C=O) groups excluding carboxylic acids is 1. The Morgan fingerprint density at radius 2 is 1.70 bits per heavy atom. The third-order valence-electron chi connectivity index (χ3n) is 5.03. The minimum absolute atomic E-state index is 0.113. The molecule has 0 radical (unpaired) electrons. The lowest BCUT2D eigenvalue weighted by atomic mass is 10.1. The second kappa shape index (κ2) is 11.9. The maximum absolute atomic E-state index is 13.2. The number of ether oxygens (including phenoxy) is 1. The van der Waals surface area contributed by atoms with Gasteiger partial charge < -0.3 is 10.1 Å². The van der Waals surface area contributed by atoms with Gasteiger partial charge in [0.1, 0.15) is 5.75 Å². The van der Waals surface area contributed by atoms with Crippen LogP contribution in [0.1, 0.15) is 56.6 Å². The number of halogens is 3. The van der Waals surface area contributed by atoms with Crippen LogP contribution in [0.25, 0.3) is 6.08 Å². The molecule has 1 fully saturated rings. The van der Waals surface area contributed by atoms with Crippen molar-refractivity contribution < 1.29 is 22.7 Å². The first-order valence-corrected chi connectivity index (χ1v) is 11.9. The highest BCUT2D eigenvalue weighted by Gasteiger charge is 2.34. The fraction of sp³-hybridized carbons (Fsp3) is 0.360. The van der Waals surface area contributed by atoms with Crippen molar-refractivity contribution in [3.63, 3.8) is 0 Å². The number of para-hydroxylation sites is 1. The number of amidine groups is 1. The number of carbonyl (C=O) groups is 1. The van der Waals surface area contributed by atoms with Gasteiger partial charge in [-0.2, -0.15) is 13.2 Å². The molecular formula is C25H27F3N2O2S. The molecular weight excluding hydrogens is 449 g/mol. The van der Waals surface area contributed by atoms with Gasteiger partial charge in [-0.05, 0) is 54.1 Å². The minimum Gasteiger partial charge on any atom is -0.494 e. The summed E-state index contributed by atoms with van der Waals surface area (Å²) < 4.78 is 45.3. The molecule has 2 aromatic carbocycles. The minimum atomic E-state index is -4.52. The van der Waals surface area contributed by atoms with Crippen molar-refractivity contribution in [1.29, 1.82) is 0 Å². The molecule has 0 aliphatic carbocycles. The lowest BCUT2D eigenvalue weighted by Gasteiger charge is -2.09. The summed E-state index contributed by atoms with van der Waals surface area (Å²) in [6.07, 6.45) is 4.35. The first-order valence-electron chi connectivity index (χ1n) is 11.1. The molecule has 1 saturated heterocycles. The topological polar surface area (TPSA) is 50.7 Å². The molecule has 0 unspecified atom stereocenters. The fourth-order valence-corrected chi connectivity index (χ4v) is 4.12. The molecule has 1 aliphatic heterocycles. The summed E-state index contributed by atoms with van der Waals surface area (Å²) in [6.45, 7) is 2.87. The van der Waals surface area contributed by atoms with Crippen molar-refractivity contribution in [2.24, 2.45) is 4.99 Å². The molecule has 4 nitrogen and oxygen atoms in total. The van der Waals surface area contributed by atoms with Gasteiger partial charge in [-0.3, -0.25) is 4.79 Å². The van der Waals surface area contributed by atoms with Crippen LogP contribution in [0.2, 0.25) is 0 Å². The quantitative estimate of drug-likeness (QED) is 0.288. The summed E-state index contributed by atoms with van der Waals surface area (Å²) in [6, 6.07) is 12.4. The van der Waals surface area contributed by atoms with E-state index in [-0.39, 0.29) is 10.9 Å².